The number of hydrogen-bond donors (Lipinski definition) is 1. The van der Waals surface area contributed by atoms with Crippen LogP contribution in [0.5, 0.6) is 0 Å². The maximum Gasteiger partial charge on any atom is 0.242 e. The Morgan fingerprint density at radius 1 is 1.09 bits per heavy atom. The Bertz CT molecular complexity index is 1280. The van der Waals surface area contributed by atoms with E-state index in [0.29, 0.717) is 24.9 Å². The predicted molar refractivity (Wildman–Crippen MR) is 137 cm³/mol. The van der Waals surface area contributed by atoms with Gasteiger partial charge in [-0.15, -0.1) is 0 Å². The molecule has 10 heteroatoms. The molecule has 0 atom stereocenters. The highest BCUT2D eigenvalue weighted by molar-refractivity contribution is 7.89. The van der Waals surface area contributed by atoms with E-state index in [-0.39, 0.29) is 10.8 Å². The smallest absolute Gasteiger partial charge is 0.242 e. The Hall–Kier alpha value is -2.98. The third kappa shape index (κ3) is 5.82. The Morgan fingerprint density at radius 3 is 2.49 bits per heavy atom. The van der Waals surface area contributed by atoms with Gasteiger partial charge in [-0.05, 0) is 42.7 Å². The van der Waals surface area contributed by atoms with Crippen molar-refractivity contribution in [1.82, 2.24) is 24.2 Å². The third-order valence-electron chi connectivity index (χ3n) is 6.53. The quantitative estimate of drug-likeness (QED) is 0.513. The second-order valence-corrected chi connectivity index (χ2v) is 11.4. The molecule has 0 radical (unpaired) electrons. The number of amides is 1. The monoisotopic (exact) mass is 498 g/mol. The van der Waals surface area contributed by atoms with E-state index < -0.39 is 10.0 Å². The van der Waals surface area contributed by atoms with Crippen LogP contribution in [0.2, 0.25) is 0 Å². The molecule has 0 aliphatic carbocycles. The molecular formula is C25H34N6O3S. The van der Waals surface area contributed by atoms with Crippen LogP contribution in [0.1, 0.15) is 43.5 Å². The number of nitrogens with zero attached hydrogens (tertiary/aromatic N) is 5. The van der Waals surface area contributed by atoms with Gasteiger partial charge in [-0.3, -0.25) is 4.79 Å². The van der Waals surface area contributed by atoms with Crippen molar-refractivity contribution in [2.75, 3.05) is 32.1 Å². The van der Waals surface area contributed by atoms with Crippen LogP contribution in [0, 0.1) is 0 Å². The van der Waals surface area contributed by atoms with Crippen molar-refractivity contribution in [3.8, 4) is 0 Å². The van der Waals surface area contributed by atoms with E-state index in [0.717, 1.165) is 35.8 Å². The molecule has 2 aromatic heterocycles. The van der Waals surface area contributed by atoms with E-state index in [9.17, 15) is 13.2 Å². The highest BCUT2D eigenvalue weighted by Crippen LogP contribution is 2.22. The molecule has 1 saturated heterocycles. The minimum atomic E-state index is -3.53. The molecule has 4 rings (SSSR count). The van der Waals surface area contributed by atoms with Crippen molar-refractivity contribution < 1.29 is 13.2 Å². The first-order valence-corrected chi connectivity index (χ1v) is 13.5. The van der Waals surface area contributed by atoms with Gasteiger partial charge in [0.25, 0.3) is 0 Å². The fraction of sp³-hybridized carbons (Fsp3) is 0.480. The van der Waals surface area contributed by atoms with Crippen molar-refractivity contribution in [1.29, 1.82) is 0 Å². The summed E-state index contributed by atoms with van der Waals surface area (Å²) in [6.07, 6.45) is 7.58. The number of imidazole rings is 1. The summed E-state index contributed by atoms with van der Waals surface area (Å²) in [5, 5.41) is 2.96. The summed E-state index contributed by atoms with van der Waals surface area (Å²) in [6, 6.07) is 8.98. The zero-order chi connectivity index (χ0) is 25.0. The van der Waals surface area contributed by atoms with Crippen molar-refractivity contribution in [3.05, 3.63) is 47.9 Å². The van der Waals surface area contributed by atoms with Crippen molar-refractivity contribution in [3.63, 3.8) is 0 Å². The molecule has 1 aromatic carbocycles. The maximum absolute atomic E-state index is 12.5. The number of aryl methyl sites for hydroxylation is 2. The molecule has 3 heterocycles. The molecule has 35 heavy (non-hydrogen) atoms. The Kier molecular flexibility index (Phi) is 7.71. The van der Waals surface area contributed by atoms with E-state index in [4.69, 9.17) is 0 Å². The minimum absolute atomic E-state index is 0.0653. The first kappa shape index (κ1) is 25.1. The van der Waals surface area contributed by atoms with Crippen molar-refractivity contribution >= 4 is 32.8 Å². The molecule has 3 aromatic rings. The number of rotatable bonds is 8. The second-order valence-electron chi connectivity index (χ2n) is 9.23. The van der Waals surface area contributed by atoms with Crippen LogP contribution in [-0.2, 0) is 34.8 Å². The lowest BCUT2D eigenvalue weighted by molar-refractivity contribution is -0.121. The topological polar surface area (TPSA) is 100 Å². The molecule has 1 aliphatic rings. The number of sulfonamides is 1. The molecule has 0 saturated carbocycles. The van der Waals surface area contributed by atoms with E-state index in [1.54, 1.807) is 18.2 Å². The molecule has 0 spiro atoms. The SMILES string of the molecule is CN(C)S(=O)(=O)c1ccc2c(c1)nc(CCC(=O)NCc1ccc(N3CCCCCC3)nc1)n2C. The summed E-state index contributed by atoms with van der Waals surface area (Å²) in [5.41, 5.74) is 2.39. The number of carbonyl (C=O) groups is 1. The van der Waals surface area contributed by atoms with Crippen LogP contribution < -0.4 is 10.2 Å². The van der Waals surface area contributed by atoms with Crippen LogP contribution in [0.4, 0.5) is 5.82 Å². The number of benzene rings is 1. The lowest BCUT2D eigenvalue weighted by atomic mass is 10.2. The largest absolute Gasteiger partial charge is 0.357 e. The summed E-state index contributed by atoms with van der Waals surface area (Å²) in [4.78, 5) is 24.2. The summed E-state index contributed by atoms with van der Waals surface area (Å²) < 4.78 is 27.9. The van der Waals surface area contributed by atoms with Gasteiger partial charge >= 0.3 is 0 Å². The third-order valence-corrected chi connectivity index (χ3v) is 8.34. The van der Waals surface area contributed by atoms with E-state index in [1.807, 2.05) is 29.9 Å². The number of pyridine rings is 1. The summed E-state index contributed by atoms with van der Waals surface area (Å²) in [5.74, 6) is 1.67. The normalized spacial score (nSPS) is 14.9. The van der Waals surface area contributed by atoms with Gasteiger partial charge in [0.15, 0.2) is 0 Å². The van der Waals surface area contributed by atoms with Gasteiger partial charge in [-0.25, -0.2) is 22.7 Å². The second kappa shape index (κ2) is 10.7. The first-order chi connectivity index (χ1) is 16.8. The van der Waals surface area contributed by atoms with Gasteiger partial charge in [-0.1, -0.05) is 18.9 Å². The van der Waals surface area contributed by atoms with Gasteiger partial charge in [0.1, 0.15) is 11.6 Å². The van der Waals surface area contributed by atoms with Gasteiger partial charge in [0, 0.05) is 59.8 Å². The number of aromatic nitrogens is 3. The van der Waals surface area contributed by atoms with E-state index >= 15 is 0 Å². The molecule has 1 fully saturated rings. The fourth-order valence-corrected chi connectivity index (χ4v) is 5.27. The highest BCUT2D eigenvalue weighted by Gasteiger charge is 2.19. The molecule has 0 bridgehead atoms. The summed E-state index contributed by atoms with van der Waals surface area (Å²) >= 11 is 0. The number of hydrogen-bond acceptors (Lipinski definition) is 6. The number of carbonyl (C=O) groups excluding carboxylic acids is 1. The number of anilines is 1. The van der Waals surface area contributed by atoms with E-state index in [2.05, 4.69) is 20.2 Å². The maximum atomic E-state index is 12.5. The van der Waals surface area contributed by atoms with Crippen LogP contribution in [0.25, 0.3) is 11.0 Å². The van der Waals surface area contributed by atoms with Gasteiger partial charge in [0.05, 0.1) is 15.9 Å². The number of nitrogens with one attached hydrogen (secondary N) is 1. The lowest BCUT2D eigenvalue weighted by Crippen LogP contribution is -2.25. The standard InChI is InChI=1S/C25H34N6O3S/c1-29(2)35(33,34)20-9-10-22-21(16-20)28-24(30(22)3)12-13-25(32)27-18-19-8-11-23(26-17-19)31-14-6-4-5-7-15-31/h8-11,16-17H,4-7,12-15,18H2,1-3H3,(H,27,32). The van der Waals surface area contributed by atoms with E-state index in [1.165, 1.54) is 44.1 Å². The Morgan fingerprint density at radius 2 is 1.83 bits per heavy atom. The molecule has 1 aliphatic heterocycles. The summed E-state index contributed by atoms with van der Waals surface area (Å²) in [6.45, 7) is 2.54. The molecule has 188 valence electrons. The number of fused-ring (bicyclic) bond motifs is 1. The van der Waals surface area contributed by atoms with Crippen LogP contribution in [-0.4, -0.2) is 60.4 Å². The van der Waals surface area contributed by atoms with Gasteiger partial charge in [0.2, 0.25) is 15.9 Å². The zero-order valence-corrected chi connectivity index (χ0v) is 21.5. The predicted octanol–water partition coefficient (Wildman–Crippen LogP) is 2.85. The summed E-state index contributed by atoms with van der Waals surface area (Å²) in [7, 11) is 1.35. The zero-order valence-electron chi connectivity index (χ0n) is 20.7. The fourth-order valence-electron chi connectivity index (χ4n) is 4.35. The molecule has 1 amide bonds. The highest BCUT2D eigenvalue weighted by atomic mass is 32.2. The Balaban J connectivity index is 1.33. The van der Waals surface area contributed by atoms with Crippen molar-refractivity contribution in [2.24, 2.45) is 7.05 Å². The average Bonchev–Trinajstić information content (AvgIpc) is 3.01. The van der Waals surface area contributed by atoms with Gasteiger partial charge in [-0.2, -0.15) is 0 Å². The molecular weight excluding hydrogens is 464 g/mol. The van der Waals surface area contributed by atoms with Crippen LogP contribution in [0.15, 0.2) is 41.4 Å². The Labute approximate surface area is 207 Å². The van der Waals surface area contributed by atoms with Crippen molar-refractivity contribution in [2.45, 2.75) is 50.0 Å². The van der Waals surface area contributed by atoms with Crippen LogP contribution >= 0.6 is 0 Å². The molecule has 9 nitrogen and oxygen atoms in total. The average molecular weight is 499 g/mol. The van der Waals surface area contributed by atoms with Gasteiger partial charge < -0.3 is 14.8 Å². The first-order valence-electron chi connectivity index (χ1n) is 12.1. The minimum Gasteiger partial charge on any atom is -0.357 e. The molecule has 0 unspecified atom stereocenters. The molecule has 1 N–H and O–H groups in total. The van der Waals surface area contributed by atoms with Crippen LogP contribution in [0.3, 0.4) is 0 Å². The lowest BCUT2D eigenvalue weighted by Gasteiger charge is -2.21.